The molecule has 4 nitrogen and oxygen atoms in total. The van der Waals surface area contributed by atoms with Gasteiger partial charge in [-0.3, -0.25) is 4.79 Å². The molecule has 19 heavy (non-hydrogen) atoms. The van der Waals surface area contributed by atoms with Gasteiger partial charge in [0.2, 0.25) is 0 Å². The van der Waals surface area contributed by atoms with E-state index < -0.39 is 5.54 Å². The molecule has 0 aromatic heterocycles. The van der Waals surface area contributed by atoms with Crippen LogP contribution in [0, 0.1) is 17.2 Å². The monoisotopic (exact) mass is 322 g/mol. The lowest BCUT2D eigenvalue weighted by Gasteiger charge is -2.22. The number of halogens is 1. The van der Waals surface area contributed by atoms with E-state index in [1.54, 1.807) is 13.0 Å². The minimum absolute atomic E-state index is 0.0907. The highest BCUT2D eigenvalue weighted by Crippen LogP contribution is 2.39. The summed E-state index contributed by atoms with van der Waals surface area (Å²) in [6, 6.07) is 9.51. The third kappa shape index (κ3) is 3.48. The Bertz CT molecular complexity index is 522. The molecule has 1 N–H and O–H groups in total. The lowest BCUT2D eigenvalue weighted by Crippen LogP contribution is -2.48. The second kappa shape index (κ2) is 5.62. The maximum atomic E-state index is 11.8. The van der Waals surface area contributed by atoms with E-state index in [0.29, 0.717) is 5.75 Å². The molecule has 0 aliphatic heterocycles. The molecule has 1 atom stereocenters. The van der Waals surface area contributed by atoms with Gasteiger partial charge in [-0.2, -0.15) is 5.26 Å². The summed E-state index contributed by atoms with van der Waals surface area (Å²) >= 11 is 3.35. The Morgan fingerprint density at radius 3 is 2.84 bits per heavy atom. The van der Waals surface area contributed by atoms with Gasteiger partial charge in [0.15, 0.2) is 6.61 Å². The van der Waals surface area contributed by atoms with Crippen LogP contribution in [-0.2, 0) is 4.79 Å². The number of carbonyl (C=O) groups is 1. The molecule has 0 unspecified atom stereocenters. The number of hydrogen-bond acceptors (Lipinski definition) is 3. The van der Waals surface area contributed by atoms with Crippen LogP contribution in [0.15, 0.2) is 28.7 Å². The summed E-state index contributed by atoms with van der Waals surface area (Å²) in [6.07, 6.45) is 1.99. The van der Waals surface area contributed by atoms with Gasteiger partial charge in [0.1, 0.15) is 11.3 Å². The molecule has 0 saturated heterocycles. The fraction of sp³-hybridized carbons (Fsp3) is 0.429. The first-order valence-electron chi connectivity index (χ1n) is 6.15. The first-order chi connectivity index (χ1) is 9.05. The Morgan fingerprint density at radius 1 is 1.58 bits per heavy atom. The molecule has 0 radical (unpaired) electrons. The minimum atomic E-state index is -0.769. The molecule has 1 aliphatic rings. The van der Waals surface area contributed by atoms with Crippen molar-refractivity contribution in [3.63, 3.8) is 0 Å². The number of carbonyl (C=O) groups excluding carboxylic acids is 1. The maximum Gasteiger partial charge on any atom is 0.259 e. The third-order valence-electron chi connectivity index (χ3n) is 3.22. The van der Waals surface area contributed by atoms with Crippen molar-refractivity contribution in [3.05, 3.63) is 28.7 Å². The first-order valence-corrected chi connectivity index (χ1v) is 6.94. The van der Waals surface area contributed by atoms with Crippen LogP contribution in [0.25, 0.3) is 0 Å². The SMILES string of the molecule is C[C@](C#N)(NC(=O)COc1ccccc1Br)C1CC1. The minimum Gasteiger partial charge on any atom is -0.483 e. The van der Waals surface area contributed by atoms with Gasteiger partial charge < -0.3 is 10.1 Å². The van der Waals surface area contributed by atoms with E-state index in [2.05, 4.69) is 27.3 Å². The van der Waals surface area contributed by atoms with Crippen molar-refractivity contribution in [2.45, 2.75) is 25.3 Å². The molecule has 1 amide bonds. The molecule has 1 fully saturated rings. The summed E-state index contributed by atoms with van der Waals surface area (Å²) in [5, 5.41) is 11.9. The fourth-order valence-electron chi connectivity index (χ4n) is 1.91. The van der Waals surface area contributed by atoms with Gasteiger partial charge in [0.05, 0.1) is 10.5 Å². The lowest BCUT2D eigenvalue weighted by atomic mass is 9.98. The standard InChI is InChI=1S/C14H15BrN2O2/c1-14(9-16,10-6-7-10)17-13(18)8-19-12-5-3-2-4-11(12)15/h2-5,10H,6-8H2,1H3,(H,17,18)/t14-/m1/s1. The molecule has 100 valence electrons. The highest BCUT2D eigenvalue weighted by atomic mass is 79.9. The van der Waals surface area contributed by atoms with Gasteiger partial charge in [-0.05, 0) is 53.7 Å². The summed E-state index contributed by atoms with van der Waals surface area (Å²) < 4.78 is 6.22. The fourth-order valence-corrected chi connectivity index (χ4v) is 2.31. The third-order valence-corrected chi connectivity index (χ3v) is 3.88. The molecule has 1 aliphatic carbocycles. The molecule has 1 aromatic rings. The van der Waals surface area contributed by atoms with E-state index in [1.165, 1.54) is 0 Å². The van der Waals surface area contributed by atoms with E-state index in [4.69, 9.17) is 10.00 Å². The molecular weight excluding hydrogens is 308 g/mol. The van der Waals surface area contributed by atoms with Crippen molar-refractivity contribution in [2.24, 2.45) is 5.92 Å². The smallest absolute Gasteiger partial charge is 0.259 e. The number of ether oxygens (including phenoxy) is 1. The molecule has 2 rings (SSSR count). The number of hydrogen-bond donors (Lipinski definition) is 1. The Balaban J connectivity index is 1.88. The normalized spacial score (nSPS) is 17.1. The Kier molecular flexibility index (Phi) is 4.11. The van der Waals surface area contributed by atoms with Gasteiger partial charge in [-0.25, -0.2) is 0 Å². The summed E-state index contributed by atoms with van der Waals surface area (Å²) in [4.78, 5) is 11.8. The zero-order valence-electron chi connectivity index (χ0n) is 10.6. The number of benzene rings is 1. The second-order valence-corrected chi connectivity index (χ2v) is 5.71. The van der Waals surface area contributed by atoms with E-state index in [0.717, 1.165) is 17.3 Å². The van der Waals surface area contributed by atoms with E-state index in [9.17, 15) is 4.79 Å². The molecule has 0 heterocycles. The van der Waals surface area contributed by atoms with Crippen molar-refractivity contribution < 1.29 is 9.53 Å². The lowest BCUT2D eigenvalue weighted by molar-refractivity contribution is -0.124. The van der Waals surface area contributed by atoms with Gasteiger partial charge >= 0.3 is 0 Å². The van der Waals surface area contributed by atoms with Crippen molar-refractivity contribution in [3.8, 4) is 11.8 Å². The van der Waals surface area contributed by atoms with Crippen LogP contribution in [-0.4, -0.2) is 18.1 Å². The number of nitrogens with zero attached hydrogens (tertiary/aromatic N) is 1. The maximum absolute atomic E-state index is 11.8. The first kappa shape index (κ1) is 13.9. The average Bonchev–Trinajstić information content (AvgIpc) is 3.22. The van der Waals surface area contributed by atoms with Crippen molar-refractivity contribution in [2.75, 3.05) is 6.61 Å². The van der Waals surface area contributed by atoms with Gasteiger partial charge in [0.25, 0.3) is 5.91 Å². The summed E-state index contributed by atoms with van der Waals surface area (Å²) in [5.74, 6) is 0.611. The topological polar surface area (TPSA) is 62.1 Å². The predicted octanol–water partition coefficient (Wildman–Crippen LogP) is 2.64. The average molecular weight is 323 g/mol. The van der Waals surface area contributed by atoms with Crippen LogP contribution >= 0.6 is 15.9 Å². The van der Waals surface area contributed by atoms with Crippen LogP contribution in [0.3, 0.4) is 0 Å². The Hall–Kier alpha value is -1.54. The van der Waals surface area contributed by atoms with Crippen molar-refractivity contribution in [1.82, 2.24) is 5.32 Å². The van der Waals surface area contributed by atoms with Crippen molar-refractivity contribution in [1.29, 1.82) is 5.26 Å². The molecule has 5 heteroatoms. The van der Waals surface area contributed by atoms with Crippen molar-refractivity contribution >= 4 is 21.8 Å². The van der Waals surface area contributed by atoms with Crippen LogP contribution in [0.4, 0.5) is 0 Å². The highest BCUT2D eigenvalue weighted by Gasteiger charge is 2.43. The van der Waals surface area contributed by atoms with Crippen LogP contribution in [0.5, 0.6) is 5.75 Å². The van der Waals surface area contributed by atoms with E-state index in [1.807, 2.05) is 18.2 Å². The van der Waals surface area contributed by atoms with Gasteiger partial charge in [0, 0.05) is 0 Å². The molecular formula is C14H15BrN2O2. The predicted molar refractivity (Wildman–Crippen MR) is 74.5 cm³/mol. The second-order valence-electron chi connectivity index (χ2n) is 4.86. The van der Waals surface area contributed by atoms with Crippen LogP contribution in [0.1, 0.15) is 19.8 Å². The zero-order valence-corrected chi connectivity index (χ0v) is 12.2. The van der Waals surface area contributed by atoms with Gasteiger partial charge in [-0.1, -0.05) is 12.1 Å². The molecule has 1 aromatic carbocycles. The number of nitrogens with one attached hydrogen (secondary N) is 1. The Morgan fingerprint density at radius 2 is 2.26 bits per heavy atom. The van der Waals surface area contributed by atoms with Gasteiger partial charge in [-0.15, -0.1) is 0 Å². The highest BCUT2D eigenvalue weighted by molar-refractivity contribution is 9.10. The summed E-state index contributed by atoms with van der Waals surface area (Å²) in [5.41, 5.74) is -0.769. The Labute approximate surface area is 120 Å². The van der Waals surface area contributed by atoms with E-state index >= 15 is 0 Å². The zero-order chi connectivity index (χ0) is 13.9. The van der Waals surface area contributed by atoms with Crippen LogP contribution in [0.2, 0.25) is 0 Å². The molecule has 0 bridgehead atoms. The number of para-hydroxylation sites is 1. The number of amides is 1. The molecule has 1 saturated carbocycles. The quantitative estimate of drug-likeness (QED) is 0.906. The summed E-state index contributed by atoms with van der Waals surface area (Å²) in [6.45, 7) is 1.67. The van der Waals surface area contributed by atoms with E-state index in [-0.39, 0.29) is 18.4 Å². The summed E-state index contributed by atoms with van der Waals surface area (Å²) in [7, 11) is 0. The molecule has 0 spiro atoms. The number of rotatable bonds is 5. The van der Waals surface area contributed by atoms with Crippen LogP contribution < -0.4 is 10.1 Å². The largest absolute Gasteiger partial charge is 0.483 e. The number of nitriles is 1.